The normalized spacial score (nSPS) is 10.6. The Hall–Kier alpha value is -2.44. The molecule has 0 aliphatic carbocycles. The van der Waals surface area contributed by atoms with E-state index in [1.807, 2.05) is 0 Å². The highest BCUT2D eigenvalue weighted by Gasteiger charge is 2.09. The van der Waals surface area contributed by atoms with Gasteiger partial charge in [0.25, 0.3) is 0 Å². The van der Waals surface area contributed by atoms with Gasteiger partial charge in [-0.05, 0) is 31.2 Å². The average Bonchev–Trinajstić information content (AvgIpc) is 2.55. The molecule has 0 spiro atoms. The Balaban J connectivity index is 1.87. The van der Waals surface area contributed by atoms with Gasteiger partial charge in [0, 0.05) is 23.5 Å². The molecular formula is C17H12Cl2F2N4. The van der Waals surface area contributed by atoms with Crippen LogP contribution in [0.3, 0.4) is 0 Å². The maximum absolute atomic E-state index is 13.3. The van der Waals surface area contributed by atoms with E-state index in [2.05, 4.69) is 20.6 Å². The first-order chi connectivity index (χ1) is 11.9. The lowest BCUT2D eigenvalue weighted by Gasteiger charge is -2.11. The fourth-order valence-electron chi connectivity index (χ4n) is 2.13. The lowest BCUT2D eigenvalue weighted by Crippen LogP contribution is -2.03. The Morgan fingerprint density at radius 2 is 1.72 bits per heavy atom. The van der Waals surface area contributed by atoms with Crippen molar-refractivity contribution >= 4 is 46.3 Å². The van der Waals surface area contributed by atoms with Gasteiger partial charge in [0.05, 0.1) is 15.7 Å². The van der Waals surface area contributed by atoms with Gasteiger partial charge in [0.1, 0.15) is 5.82 Å². The lowest BCUT2D eigenvalue weighted by molar-refractivity contribution is 0.509. The zero-order valence-electron chi connectivity index (χ0n) is 12.9. The van der Waals surface area contributed by atoms with Crippen molar-refractivity contribution in [1.82, 2.24) is 9.97 Å². The van der Waals surface area contributed by atoms with Crippen molar-refractivity contribution in [2.24, 2.45) is 0 Å². The number of aromatic nitrogens is 2. The minimum atomic E-state index is -0.957. The van der Waals surface area contributed by atoms with Gasteiger partial charge in [-0.2, -0.15) is 4.98 Å². The van der Waals surface area contributed by atoms with Crippen molar-refractivity contribution in [1.29, 1.82) is 0 Å². The average molecular weight is 381 g/mol. The molecular weight excluding hydrogens is 369 g/mol. The van der Waals surface area contributed by atoms with E-state index in [1.165, 1.54) is 6.07 Å². The fourth-order valence-corrected chi connectivity index (χ4v) is 2.48. The maximum atomic E-state index is 13.3. The Morgan fingerprint density at radius 3 is 2.48 bits per heavy atom. The van der Waals surface area contributed by atoms with E-state index < -0.39 is 11.6 Å². The van der Waals surface area contributed by atoms with Crippen molar-refractivity contribution < 1.29 is 8.78 Å². The summed E-state index contributed by atoms with van der Waals surface area (Å²) in [6.45, 7) is 1.78. The van der Waals surface area contributed by atoms with Crippen LogP contribution in [0.1, 0.15) is 5.69 Å². The summed E-state index contributed by atoms with van der Waals surface area (Å²) >= 11 is 12.1. The highest BCUT2D eigenvalue weighted by atomic mass is 35.5. The minimum absolute atomic E-state index is 0.228. The number of nitrogens with one attached hydrogen (secondary N) is 2. The number of benzene rings is 2. The molecule has 8 heteroatoms. The van der Waals surface area contributed by atoms with Crippen molar-refractivity contribution in [3.8, 4) is 0 Å². The minimum Gasteiger partial charge on any atom is -0.339 e. The number of hydrogen-bond donors (Lipinski definition) is 2. The SMILES string of the molecule is Cc1cc(Nc2cccc(Cl)c2Cl)nc(Nc2ccc(F)c(F)c2)n1. The second-order valence-corrected chi connectivity index (χ2v) is 5.98. The van der Waals surface area contributed by atoms with E-state index in [0.717, 1.165) is 12.1 Å². The molecule has 0 aliphatic heterocycles. The molecule has 0 saturated carbocycles. The zero-order chi connectivity index (χ0) is 18.0. The second-order valence-electron chi connectivity index (χ2n) is 5.20. The predicted molar refractivity (Wildman–Crippen MR) is 96.2 cm³/mol. The lowest BCUT2D eigenvalue weighted by atomic mass is 10.3. The summed E-state index contributed by atoms with van der Waals surface area (Å²) < 4.78 is 26.3. The maximum Gasteiger partial charge on any atom is 0.229 e. The third-order valence-corrected chi connectivity index (χ3v) is 4.06. The van der Waals surface area contributed by atoms with Crippen molar-refractivity contribution in [3.63, 3.8) is 0 Å². The Bertz CT molecular complexity index is 935. The van der Waals surface area contributed by atoms with E-state index >= 15 is 0 Å². The van der Waals surface area contributed by atoms with E-state index in [0.29, 0.717) is 32.9 Å². The Kier molecular flexibility index (Phi) is 5.01. The van der Waals surface area contributed by atoms with Crippen LogP contribution in [0.15, 0.2) is 42.5 Å². The van der Waals surface area contributed by atoms with Crippen LogP contribution >= 0.6 is 23.2 Å². The van der Waals surface area contributed by atoms with Crippen LogP contribution in [0.2, 0.25) is 10.0 Å². The summed E-state index contributed by atoms with van der Waals surface area (Å²) in [5.74, 6) is -1.18. The van der Waals surface area contributed by atoms with Crippen molar-refractivity contribution in [2.45, 2.75) is 6.92 Å². The monoisotopic (exact) mass is 380 g/mol. The van der Waals surface area contributed by atoms with Gasteiger partial charge in [-0.25, -0.2) is 13.8 Å². The summed E-state index contributed by atoms with van der Waals surface area (Å²) in [7, 11) is 0. The molecule has 3 aromatic rings. The third kappa shape index (κ3) is 4.15. The second kappa shape index (κ2) is 7.21. The smallest absolute Gasteiger partial charge is 0.229 e. The van der Waals surface area contributed by atoms with Crippen LogP contribution in [0.5, 0.6) is 0 Å². The standard InChI is InChI=1S/C17H12Cl2F2N4/c1-9-7-15(24-14-4-2-3-11(18)16(14)19)25-17(22-9)23-10-5-6-12(20)13(21)8-10/h2-8H,1H3,(H2,22,23,24,25). The first-order valence-corrected chi connectivity index (χ1v) is 7.97. The number of nitrogens with zero attached hydrogens (tertiary/aromatic N) is 2. The first-order valence-electron chi connectivity index (χ1n) is 7.21. The fraction of sp³-hybridized carbons (Fsp3) is 0.0588. The molecule has 0 saturated heterocycles. The van der Waals surface area contributed by atoms with Crippen LogP contribution in [0.25, 0.3) is 0 Å². The van der Waals surface area contributed by atoms with Gasteiger partial charge in [-0.3, -0.25) is 0 Å². The quantitative estimate of drug-likeness (QED) is 0.595. The summed E-state index contributed by atoms with van der Waals surface area (Å²) in [6.07, 6.45) is 0. The molecule has 1 aromatic heterocycles. The highest BCUT2D eigenvalue weighted by molar-refractivity contribution is 6.43. The number of anilines is 4. The van der Waals surface area contributed by atoms with E-state index in [9.17, 15) is 8.78 Å². The van der Waals surface area contributed by atoms with E-state index in [4.69, 9.17) is 23.2 Å². The molecule has 4 nitrogen and oxygen atoms in total. The van der Waals surface area contributed by atoms with Gasteiger partial charge >= 0.3 is 0 Å². The summed E-state index contributed by atoms with van der Waals surface area (Å²) in [4.78, 5) is 8.52. The Labute approximate surface area is 152 Å². The van der Waals surface area contributed by atoms with Crippen LogP contribution in [-0.4, -0.2) is 9.97 Å². The number of hydrogen-bond acceptors (Lipinski definition) is 4. The number of aryl methyl sites for hydroxylation is 1. The van der Waals surface area contributed by atoms with Crippen molar-refractivity contribution in [2.75, 3.05) is 10.6 Å². The van der Waals surface area contributed by atoms with Crippen LogP contribution in [0.4, 0.5) is 31.9 Å². The molecule has 128 valence electrons. The van der Waals surface area contributed by atoms with Crippen LogP contribution in [0, 0.1) is 18.6 Å². The zero-order valence-corrected chi connectivity index (χ0v) is 14.5. The molecule has 0 unspecified atom stereocenters. The molecule has 0 aliphatic rings. The Morgan fingerprint density at radius 1 is 0.920 bits per heavy atom. The van der Waals surface area contributed by atoms with Gasteiger partial charge in [-0.1, -0.05) is 29.3 Å². The molecule has 0 bridgehead atoms. The van der Waals surface area contributed by atoms with E-state index in [-0.39, 0.29) is 5.95 Å². The van der Waals surface area contributed by atoms with Crippen LogP contribution in [-0.2, 0) is 0 Å². The summed E-state index contributed by atoms with van der Waals surface area (Å²) in [5, 5.41) is 6.68. The summed E-state index contributed by atoms with van der Waals surface area (Å²) in [6, 6.07) is 10.4. The molecule has 2 aromatic carbocycles. The van der Waals surface area contributed by atoms with E-state index in [1.54, 1.807) is 31.2 Å². The highest BCUT2D eigenvalue weighted by Crippen LogP contribution is 2.31. The first kappa shape index (κ1) is 17.4. The van der Waals surface area contributed by atoms with Crippen LogP contribution < -0.4 is 10.6 Å². The molecule has 2 N–H and O–H groups in total. The molecule has 0 fully saturated rings. The van der Waals surface area contributed by atoms with Gasteiger partial charge in [-0.15, -0.1) is 0 Å². The molecule has 25 heavy (non-hydrogen) atoms. The third-order valence-electron chi connectivity index (χ3n) is 3.24. The summed E-state index contributed by atoms with van der Waals surface area (Å²) in [5.41, 5.74) is 1.59. The number of rotatable bonds is 4. The van der Waals surface area contributed by atoms with Gasteiger partial charge in [0.15, 0.2) is 11.6 Å². The topological polar surface area (TPSA) is 49.8 Å². The predicted octanol–water partition coefficient (Wildman–Crippen LogP) is 5.86. The molecule has 3 rings (SSSR count). The van der Waals surface area contributed by atoms with Gasteiger partial charge in [0.2, 0.25) is 5.95 Å². The number of halogens is 4. The largest absolute Gasteiger partial charge is 0.339 e. The molecule has 0 radical (unpaired) electrons. The van der Waals surface area contributed by atoms with Crippen molar-refractivity contribution in [3.05, 3.63) is 69.8 Å². The molecule has 0 amide bonds. The molecule has 0 atom stereocenters. The molecule has 1 heterocycles. The van der Waals surface area contributed by atoms with Gasteiger partial charge < -0.3 is 10.6 Å².